The molecule has 6 heteroatoms. The molecule has 0 atom stereocenters. The molecule has 0 aromatic rings. The van der Waals surface area contributed by atoms with E-state index in [1.165, 1.54) is 0 Å². The van der Waals surface area contributed by atoms with Gasteiger partial charge < -0.3 is 11.1 Å². The molecule has 0 spiro atoms. The third-order valence-electron chi connectivity index (χ3n) is 1.98. The summed E-state index contributed by atoms with van der Waals surface area (Å²) in [5, 5.41) is 4.21. The number of nitrogens with two attached hydrogens (primary N) is 1. The Morgan fingerprint density at radius 2 is 2.31 bits per heavy atom. The molecule has 2 aliphatic rings. The fourth-order valence-corrected chi connectivity index (χ4v) is 2.14. The molecule has 2 rings (SSSR count). The van der Waals surface area contributed by atoms with Crippen LogP contribution in [0, 0.1) is 0 Å². The Kier molecular flexibility index (Phi) is 1.88. The molecule has 0 aromatic heterocycles. The summed E-state index contributed by atoms with van der Waals surface area (Å²) >= 11 is 0. The lowest BCUT2D eigenvalue weighted by atomic mass is 10.6. The van der Waals surface area contributed by atoms with E-state index in [4.69, 9.17) is 5.73 Å². The van der Waals surface area contributed by atoms with Gasteiger partial charge in [0, 0.05) is 6.04 Å². The minimum atomic E-state index is -3.30. The van der Waals surface area contributed by atoms with Crippen molar-refractivity contribution in [1.29, 1.82) is 0 Å². The summed E-state index contributed by atoms with van der Waals surface area (Å²) < 4.78 is 22.6. The van der Waals surface area contributed by atoms with E-state index in [2.05, 4.69) is 10.3 Å². The molecule has 13 heavy (non-hydrogen) atoms. The zero-order chi connectivity index (χ0) is 9.47. The number of nitrogens with one attached hydrogen (secondary N) is 1. The van der Waals surface area contributed by atoms with E-state index in [0.29, 0.717) is 12.6 Å². The summed E-state index contributed by atoms with van der Waals surface area (Å²) in [7, 11) is -3.30. The molecule has 72 valence electrons. The molecule has 3 N–H and O–H groups in total. The third kappa shape index (κ3) is 1.89. The van der Waals surface area contributed by atoms with Crippen molar-refractivity contribution in [1.82, 2.24) is 5.32 Å². The highest BCUT2D eigenvalue weighted by Crippen LogP contribution is 2.19. The van der Waals surface area contributed by atoms with Crippen molar-refractivity contribution in [3.05, 3.63) is 11.2 Å². The second kappa shape index (κ2) is 2.81. The smallest absolute Gasteiger partial charge is 0.218 e. The van der Waals surface area contributed by atoms with Crippen molar-refractivity contribution < 1.29 is 8.42 Å². The molecule has 0 bridgehead atoms. The fourth-order valence-electron chi connectivity index (χ4n) is 1.12. The van der Waals surface area contributed by atoms with Crippen LogP contribution < -0.4 is 11.1 Å². The summed E-state index contributed by atoms with van der Waals surface area (Å²) in [6.45, 7) is 0.296. The second-order valence-corrected chi connectivity index (χ2v) is 5.05. The molecule has 1 aliphatic carbocycles. The van der Waals surface area contributed by atoms with Crippen LogP contribution in [0.1, 0.15) is 12.8 Å². The molecular formula is C7H11N3O2S. The number of aliphatic imine (C=N–C) groups is 1. The Morgan fingerprint density at radius 1 is 1.62 bits per heavy atom. The molecule has 0 radical (unpaired) electrons. The maximum absolute atomic E-state index is 11.3. The van der Waals surface area contributed by atoms with Gasteiger partial charge in [0.25, 0.3) is 0 Å². The van der Waals surface area contributed by atoms with Crippen molar-refractivity contribution in [3.8, 4) is 0 Å². The van der Waals surface area contributed by atoms with Crippen LogP contribution in [-0.2, 0) is 9.84 Å². The largest absolute Gasteiger partial charge is 0.383 e. The summed E-state index contributed by atoms with van der Waals surface area (Å²) in [6.07, 6.45) is 2.24. The lowest BCUT2D eigenvalue weighted by molar-refractivity contribution is 0.614. The fraction of sp³-hybridized carbons (Fsp3) is 0.571. The van der Waals surface area contributed by atoms with Crippen LogP contribution in [-0.4, -0.2) is 26.0 Å². The van der Waals surface area contributed by atoms with Crippen LogP contribution in [0.15, 0.2) is 16.2 Å². The van der Waals surface area contributed by atoms with Crippen molar-refractivity contribution >= 4 is 14.9 Å². The highest BCUT2D eigenvalue weighted by molar-refractivity contribution is 8.09. The molecule has 0 saturated heterocycles. The Balaban J connectivity index is 2.03. The summed E-state index contributed by atoms with van der Waals surface area (Å²) in [5.74, 6) is 0.0765. The first-order valence-electron chi connectivity index (χ1n) is 4.11. The van der Waals surface area contributed by atoms with Crippen LogP contribution in [0.4, 0.5) is 0 Å². The standard InChI is InChI=1S/C7H11N3O2S/c8-6-4-13(11,12)7(10-6)3-9-5-1-2-5/h4-5,9H,1-3,8H2. The summed E-state index contributed by atoms with van der Waals surface area (Å²) in [5.41, 5.74) is 5.29. The van der Waals surface area contributed by atoms with Crippen molar-refractivity contribution in [2.24, 2.45) is 10.7 Å². The van der Waals surface area contributed by atoms with E-state index in [1.54, 1.807) is 0 Å². The van der Waals surface area contributed by atoms with E-state index < -0.39 is 9.84 Å². The SMILES string of the molecule is NC1=CS(=O)(=O)C(CNC2CC2)=N1. The van der Waals surface area contributed by atoms with Crippen molar-refractivity contribution in [2.75, 3.05) is 6.54 Å². The van der Waals surface area contributed by atoms with Gasteiger partial charge in [-0.25, -0.2) is 13.4 Å². The lowest BCUT2D eigenvalue weighted by Gasteiger charge is -2.00. The first-order chi connectivity index (χ1) is 6.08. The van der Waals surface area contributed by atoms with E-state index in [1.807, 2.05) is 0 Å². The van der Waals surface area contributed by atoms with Crippen LogP contribution >= 0.6 is 0 Å². The minimum absolute atomic E-state index is 0.0765. The van der Waals surface area contributed by atoms with Gasteiger partial charge in [-0.1, -0.05) is 0 Å². The minimum Gasteiger partial charge on any atom is -0.383 e. The molecule has 0 amide bonds. The van der Waals surface area contributed by atoms with Crippen LogP contribution in [0.25, 0.3) is 0 Å². The molecule has 5 nitrogen and oxygen atoms in total. The van der Waals surface area contributed by atoms with Gasteiger partial charge in [-0.2, -0.15) is 0 Å². The average molecular weight is 201 g/mol. The second-order valence-electron chi connectivity index (χ2n) is 3.25. The van der Waals surface area contributed by atoms with Gasteiger partial charge in [0.05, 0.1) is 12.0 Å². The summed E-state index contributed by atoms with van der Waals surface area (Å²) in [4.78, 5) is 3.75. The topological polar surface area (TPSA) is 84.5 Å². The Morgan fingerprint density at radius 3 is 2.77 bits per heavy atom. The van der Waals surface area contributed by atoms with Gasteiger partial charge >= 0.3 is 0 Å². The molecule has 0 unspecified atom stereocenters. The quantitative estimate of drug-likeness (QED) is 0.633. The highest BCUT2D eigenvalue weighted by Gasteiger charge is 2.27. The Labute approximate surface area is 76.6 Å². The van der Waals surface area contributed by atoms with Gasteiger partial charge in [-0.3, -0.25) is 0 Å². The number of hydrogen-bond donors (Lipinski definition) is 2. The van der Waals surface area contributed by atoms with Gasteiger partial charge in [0.1, 0.15) is 5.82 Å². The molecule has 1 fully saturated rings. The Hall–Kier alpha value is -0.880. The number of nitrogens with zero attached hydrogens (tertiary/aromatic N) is 1. The van der Waals surface area contributed by atoms with E-state index in [-0.39, 0.29) is 10.9 Å². The molecule has 1 aliphatic heterocycles. The molecule has 1 saturated carbocycles. The Bertz CT molecular complexity index is 379. The molecular weight excluding hydrogens is 190 g/mol. The van der Waals surface area contributed by atoms with Crippen molar-refractivity contribution in [3.63, 3.8) is 0 Å². The monoisotopic (exact) mass is 201 g/mol. The first kappa shape index (κ1) is 8.71. The maximum Gasteiger partial charge on any atom is 0.218 e. The van der Waals surface area contributed by atoms with Crippen LogP contribution in [0.2, 0.25) is 0 Å². The zero-order valence-corrected chi connectivity index (χ0v) is 7.84. The predicted octanol–water partition coefficient (Wildman–Crippen LogP) is -0.677. The number of sulfone groups is 1. The van der Waals surface area contributed by atoms with E-state index in [0.717, 1.165) is 18.2 Å². The van der Waals surface area contributed by atoms with Crippen LogP contribution in [0.3, 0.4) is 0 Å². The maximum atomic E-state index is 11.3. The molecule has 0 aromatic carbocycles. The molecule has 1 heterocycles. The number of rotatable bonds is 3. The predicted molar refractivity (Wildman–Crippen MR) is 49.6 cm³/mol. The van der Waals surface area contributed by atoms with Gasteiger partial charge in [-0.15, -0.1) is 0 Å². The first-order valence-corrected chi connectivity index (χ1v) is 5.66. The average Bonchev–Trinajstić information content (AvgIpc) is 2.75. The number of hydrogen-bond acceptors (Lipinski definition) is 5. The van der Waals surface area contributed by atoms with E-state index >= 15 is 0 Å². The van der Waals surface area contributed by atoms with Crippen LogP contribution in [0.5, 0.6) is 0 Å². The highest BCUT2D eigenvalue weighted by atomic mass is 32.2. The zero-order valence-electron chi connectivity index (χ0n) is 7.03. The van der Waals surface area contributed by atoms with Gasteiger partial charge in [-0.05, 0) is 12.8 Å². The van der Waals surface area contributed by atoms with Gasteiger partial charge in [0.15, 0.2) is 5.04 Å². The van der Waals surface area contributed by atoms with Gasteiger partial charge in [0.2, 0.25) is 9.84 Å². The third-order valence-corrected chi connectivity index (χ3v) is 3.42. The summed E-state index contributed by atoms with van der Waals surface area (Å²) in [6, 6.07) is 0.472. The van der Waals surface area contributed by atoms with E-state index in [9.17, 15) is 8.42 Å². The van der Waals surface area contributed by atoms with Crippen molar-refractivity contribution in [2.45, 2.75) is 18.9 Å². The lowest BCUT2D eigenvalue weighted by Crippen LogP contribution is -2.28. The normalized spacial score (nSPS) is 25.5.